The van der Waals surface area contributed by atoms with Crippen molar-refractivity contribution >= 4 is 17.3 Å². The van der Waals surface area contributed by atoms with E-state index >= 15 is 0 Å². The lowest BCUT2D eigenvalue weighted by Crippen LogP contribution is -2.14. The number of anilines is 2. The average Bonchev–Trinajstić information content (AvgIpc) is 2.66. The van der Waals surface area contributed by atoms with E-state index in [-0.39, 0.29) is 5.91 Å². The summed E-state index contributed by atoms with van der Waals surface area (Å²) in [5.74, 6) is 1.68. The Morgan fingerprint density at radius 3 is 2.04 bits per heavy atom. The highest BCUT2D eigenvalue weighted by Crippen LogP contribution is 2.39. The number of nitrogen functional groups attached to an aromatic ring is 1. The summed E-state index contributed by atoms with van der Waals surface area (Å²) in [5.41, 5.74) is 7.25. The predicted molar refractivity (Wildman–Crippen MR) is 105 cm³/mol. The summed E-state index contributed by atoms with van der Waals surface area (Å²) in [7, 11) is 1.55. The van der Waals surface area contributed by atoms with Crippen molar-refractivity contribution in [2.75, 3.05) is 38.0 Å². The first-order valence-corrected chi connectivity index (χ1v) is 8.85. The Kier molecular flexibility index (Phi) is 7.16. The van der Waals surface area contributed by atoms with Gasteiger partial charge in [0.2, 0.25) is 5.75 Å². The van der Waals surface area contributed by atoms with Crippen LogP contribution in [-0.4, -0.2) is 32.8 Å². The number of nitrogens with two attached hydrogens (primary N) is 1. The van der Waals surface area contributed by atoms with Gasteiger partial charge in [-0.25, -0.2) is 0 Å². The second-order valence-corrected chi connectivity index (χ2v) is 5.51. The van der Waals surface area contributed by atoms with E-state index in [4.69, 9.17) is 24.7 Å². The summed E-state index contributed by atoms with van der Waals surface area (Å²) in [6.45, 7) is 6.92. The summed E-state index contributed by atoms with van der Waals surface area (Å²) in [6, 6.07) is 8.32. The van der Waals surface area contributed by atoms with Gasteiger partial charge in [-0.2, -0.15) is 0 Å². The van der Waals surface area contributed by atoms with Crippen molar-refractivity contribution < 1.29 is 23.7 Å². The minimum Gasteiger partial charge on any atom is -0.497 e. The predicted octanol–water partition coefficient (Wildman–Crippen LogP) is 3.73. The number of carbonyl (C=O) groups excluding carboxylic acids is 1. The molecule has 2 aromatic carbocycles. The van der Waals surface area contributed by atoms with Crippen molar-refractivity contribution in [2.45, 2.75) is 20.8 Å². The van der Waals surface area contributed by atoms with Crippen molar-refractivity contribution in [2.24, 2.45) is 0 Å². The Balaban J connectivity index is 2.36. The number of carbonyl (C=O) groups is 1. The summed E-state index contributed by atoms with van der Waals surface area (Å²) < 4.78 is 22.1. The number of rotatable bonds is 9. The molecule has 0 saturated carbocycles. The fourth-order valence-electron chi connectivity index (χ4n) is 2.50. The zero-order valence-corrected chi connectivity index (χ0v) is 16.1. The van der Waals surface area contributed by atoms with Gasteiger partial charge in [-0.15, -0.1) is 0 Å². The maximum atomic E-state index is 12.8. The van der Waals surface area contributed by atoms with Crippen LogP contribution in [-0.2, 0) is 0 Å². The van der Waals surface area contributed by atoms with Gasteiger partial charge in [0.1, 0.15) is 5.75 Å². The molecule has 7 nitrogen and oxygen atoms in total. The van der Waals surface area contributed by atoms with Crippen LogP contribution in [0.3, 0.4) is 0 Å². The third kappa shape index (κ3) is 4.97. The van der Waals surface area contributed by atoms with E-state index in [9.17, 15) is 4.79 Å². The fourth-order valence-corrected chi connectivity index (χ4v) is 2.50. The van der Waals surface area contributed by atoms with Gasteiger partial charge in [-0.05, 0) is 45.0 Å². The molecule has 0 unspecified atom stereocenters. The van der Waals surface area contributed by atoms with E-state index in [2.05, 4.69) is 5.32 Å². The van der Waals surface area contributed by atoms with Crippen molar-refractivity contribution in [3.63, 3.8) is 0 Å². The summed E-state index contributed by atoms with van der Waals surface area (Å²) in [5, 5.41) is 2.80. The molecule has 0 spiro atoms. The zero-order chi connectivity index (χ0) is 19.8. The quantitative estimate of drug-likeness (QED) is 0.650. The van der Waals surface area contributed by atoms with Crippen molar-refractivity contribution in [1.82, 2.24) is 0 Å². The van der Waals surface area contributed by atoms with Gasteiger partial charge < -0.3 is 30.0 Å². The largest absolute Gasteiger partial charge is 0.497 e. The van der Waals surface area contributed by atoms with Crippen LogP contribution in [0.1, 0.15) is 31.1 Å². The van der Waals surface area contributed by atoms with Gasteiger partial charge in [0.25, 0.3) is 5.91 Å². The van der Waals surface area contributed by atoms with E-state index in [0.29, 0.717) is 59.8 Å². The number of amides is 1. The summed E-state index contributed by atoms with van der Waals surface area (Å²) in [4.78, 5) is 12.8. The molecule has 0 saturated heterocycles. The molecule has 0 aliphatic heterocycles. The van der Waals surface area contributed by atoms with Gasteiger partial charge in [-0.3, -0.25) is 4.79 Å². The topological polar surface area (TPSA) is 92.0 Å². The number of benzene rings is 2. The maximum absolute atomic E-state index is 12.8. The zero-order valence-electron chi connectivity index (χ0n) is 16.1. The van der Waals surface area contributed by atoms with E-state index in [1.807, 2.05) is 20.8 Å². The molecule has 0 atom stereocenters. The number of nitrogens with one attached hydrogen (secondary N) is 1. The smallest absolute Gasteiger partial charge is 0.255 e. The van der Waals surface area contributed by atoms with Crippen LogP contribution in [0.2, 0.25) is 0 Å². The molecule has 0 aliphatic carbocycles. The van der Waals surface area contributed by atoms with E-state index in [0.717, 1.165) is 0 Å². The lowest BCUT2D eigenvalue weighted by atomic mass is 10.1. The third-order valence-electron chi connectivity index (χ3n) is 3.68. The third-order valence-corrected chi connectivity index (χ3v) is 3.68. The first kappa shape index (κ1) is 20.2. The highest BCUT2D eigenvalue weighted by molar-refractivity contribution is 6.06. The molecule has 27 heavy (non-hydrogen) atoms. The van der Waals surface area contributed by atoms with E-state index in [1.54, 1.807) is 37.4 Å². The normalized spacial score (nSPS) is 10.2. The van der Waals surface area contributed by atoms with Gasteiger partial charge in [-0.1, -0.05) is 0 Å². The van der Waals surface area contributed by atoms with E-state index in [1.165, 1.54) is 0 Å². The maximum Gasteiger partial charge on any atom is 0.255 e. The molecule has 7 heteroatoms. The molecule has 0 bridgehead atoms. The SMILES string of the molecule is CCOc1cc(C(=O)Nc2ccc(OC)cc2N)cc(OCC)c1OCC. The van der Waals surface area contributed by atoms with Gasteiger partial charge in [0, 0.05) is 11.6 Å². The lowest BCUT2D eigenvalue weighted by Gasteiger charge is -2.17. The molecule has 3 N–H and O–H groups in total. The van der Waals surface area contributed by atoms with E-state index < -0.39 is 0 Å². The average molecular weight is 374 g/mol. The number of hydrogen-bond donors (Lipinski definition) is 2. The molecule has 0 heterocycles. The Morgan fingerprint density at radius 1 is 0.963 bits per heavy atom. The van der Waals surface area contributed by atoms with Gasteiger partial charge >= 0.3 is 0 Å². The standard InChI is InChI=1S/C20H26N2O5/c1-5-25-17-10-13(11-18(26-6-2)19(17)27-7-3)20(23)22-16-9-8-14(24-4)12-15(16)21/h8-12H,5-7,21H2,1-4H3,(H,22,23). The lowest BCUT2D eigenvalue weighted by molar-refractivity contribution is 0.102. The van der Waals surface area contributed by atoms with Crippen molar-refractivity contribution in [1.29, 1.82) is 0 Å². The monoisotopic (exact) mass is 374 g/mol. The van der Waals surface area contributed by atoms with Crippen LogP contribution in [0, 0.1) is 0 Å². The van der Waals surface area contributed by atoms with Crippen LogP contribution < -0.4 is 30.0 Å². The fraction of sp³-hybridized carbons (Fsp3) is 0.350. The highest BCUT2D eigenvalue weighted by atomic mass is 16.5. The molecule has 2 aromatic rings. The molecule has 0 radical (unpaired) electrons. The Morgan fingerprint density at radius 2 is 1.56 bits per heavy atom. The van der Waals surface area contributed by atoms with Crippen LogP contribution >= 0.6 is 0 Å². The van der Waals surface area contributed by atoms with Crippen LogP contribution in [0.15, 0.2) is 30.3 Å². The number of methoxy groups -OCH3 is 1. The summed E-state index contributed by atoms with van der Waals surface area (Å²) >= 11 is 0. The highest BCUT2D eigenvalue weighted by Gasteiger charge is 2.19. The minimum atomic E-state index is -0.336. The first-order chi connectivity index (χ1) is 13.0. The van der Waals surface area contributed by atoms with Crippen molar-refractivity contribution in [3.05, 3.63) is 35.9 Å². The van der Waals surface area contributed by atoms with Crippen LogP contribution in [0.5, 0.6) is 23.0 Å². The molecule has 2 rings (SSSR count). The minimum absolute atomic E-state index is 0.336. The Labute approximate surface area is 159 Å². The Hall–Kier alpha value is -3.09. The number of hydrogen-bond acceptors (Lipinski definition) is 6. The molecule has 146 valence electrons. The second-order valence-electron chi connectivity index (χ2n) is 5.51. The number of ether oxygens (including phenoxy) is 4. The molecule has 0 aliphatic rings. The van der Waals surface area contributed by atoms with Gasteiger partial charge in [0.15, 0.2) is 11.5 Å². The molecule has 0 aromatic heterocycles. The molecule has 1 amide bonds. The van der Waals surface area contributed by atoms with Gasteiger partial charge in [0.05, 0.1) is 38.3 Å². The van der Waals surface area contributed by atoms with Crippen LogP contribution in [0.4, 0.5) is 11.4 Å². The second kappa shape index (κ2) is 9.56. The molecule has 0 fully saturated rings. The molecular weight excluding hydrogens is 348 g/mol. The van der Waals surface area contributed by atoms with Crippen LogP contribution in [0.25, 0.3) is 0 Å². The first-order valence-electron chi connectivity index (χ1n) is 8.85. The summed E-state index contributed by atoms with van der Waals surface area (Å²) in [6.07, 6.45) is 0. The molecular formula is C20H26N2O5. The van der Waals surface area contributed by atoms with Crippen molar-refractivity contribution in [3.8, 4) is 23.0 Å². The Bertz CT molecular complexity index is 765.